The molecular formula is C22H25ClN2O4. The zero-order valence-corrected chi connectivity index (χ0v) is 17.6. The van der Waals surface area contributed by atoms with Gasteiger partial charge in [0.2, 0.25) is 5.91 Å². The molecule has 0 radical (unpaired) electrons. The van der Waals surface area contributed by atoms with E-state index in [0.29, 0.717) is 41.4 Å². The molecule has 0 spiro atoms. The number of nitrogens with zero attached hydrogens (tertiary/aromatic N) is 2. The summed E-state index contributed by atoms with van der Waals surface area (Å²) in [5.41, 5.74) is 1.98. The fraction of sp³-hybridized carbons (Fsp3) is 0.409. The third-order valence-corrected chi connectivity index (χ3v) is 6.21. The minimum Gasteiger partial charge on any atom is -0.495 e. The number of fused-ring (bicyclic) bond motifs is 1. The Morgan fingerprint density at radius 1 is 0.931 bits per heavy atom. The van der Waals surface area contributed by atoms with Crippen LogP contribution in [0.3, 0.4) is 0 Å². The van der Waals surface area contributed by atoms with Crippen molar-refractivity contribution in [3.05, 3.63) is 47.0 Å². The summed E-state index contributed by atoms with van der Waals surface area (Å²) >= 11 is 6.14. The molecule has 2 aromatic carbocycles. The molecule has 7 heteroatoms. The Kier molecular flexibility index (Phi) is 5.56. The lowest BCUT2D eigenvalue weighted by Crippen LogP contribution is -2.54. The molecule has 0 bridgehead atoms. The molecule has 0 aromatic heterocycles. The van der Waals surface area contributed by atoms with Crippen molar-refractivity contribution >= 4 is 23.2 Å². The quantitative estimate of drug-likeness (QED) is 0.739. The number of anilines is 1. The van der Waals surface area contributed by atoms with E-state index in [9.17, 15) is 4.79 Å². The summed E-state index contributed by atoms with van der Waals surface area (Å²) < 4.78 is 16.1. The van der Waals surface area contributed by atoms with Gasteiger partial charge in [0.1, 0.15) is 5.75 Å². The van der Waals surface area contributed by atoms with Gasteiger partial charge < -0.3 is 19.1 Å². The Morgan fingerprint density at radius 3 is 2.41 bits per heavy atom. The van der Waals surface area contributed by atoms with Crippen LogP contribution >= 0.6 is 11.6 Å². The molecular weight excluding hydrogens is 392 g/mol. The van der Waals surface area contributed by atoms with Crippen LogP contribution in [-0.4, -0.2) is 51.3 Å². The van der Waals surface area contributed by atoms with Crippen molar-refractivity contribution in [1.82, 2.24) is 4.90 Å². The predicted octanol–water partition coefficient (Wildman–Crippen LogP) is 3.92. The molecule has 4 rings (SSSR count). The molecule has 1 amide bonds. The average Bonchev–Trinajstić information content (AvgIpc) is 3.15. The summed E-state index contributed by atoms with van der Waals surface area (Å²) in [7, 11) is 4.85. The number of hydrogen-bond acceptors (Lipinski definition) is 5. The molecule has 29 heavy (non-hydrogen) atoms. The fourth-order valence-electron chi connectivity index (χ4n) is 4.41. The van der Waals surface area contributed by atoms with E-state index in [1.165, 1.54) is 0 Å². The van der Waals surface area contributed by atoms with Gasteiger partial charge in [-0.05, 0) is 42.7 Å². The Bertz CT molecular complexity index is 920. The van der Waals surface area contributed by atoms with Gasteiger partial charge in [-0.1, -0.05) is 17.7 Å². The van der Waals surface area contributed by atoms with Crippen molar-refractivity contribution in [3.8, 4) is 17.2 Å². The summed E-state index contributed by atoms with van der Waals surface area (Å²) in [6, 6.07) is 12.0. The Morgan fingerprint density at radius 2 is 1.69 bits per heavy atom. The molecule has 2 aliphatic heterocycles. The smallest absolute Gasteiger partial charge is 0.241 e. The number of amides is 1. The first-order chi connectivity index (χ1) is 14.0. The topological polar surface area (TPSA) is 51.2 Å². The first kappa shape index (κ1) is 19.9. The molecule has 6 nitrogen and oxygen atoms in total. The van der Waals surface area contributed by atoms with Gasteiger partial charge in [0.15, 0.2) is 11.5 Å². The summed E-state index contributed by atoms with van der Waals surface area (Å²) in [5, 5.41) is 0.539. The first-order valence-corrected chi connectivity index (χ1v) is 10.0. The zero-order valence-electron chi connectivity index (χ0n) is 16.9. The molecule has 2 aromatic rings. The van der Waals surface area contributed by atoms with E-state index >= 15 is 0 Å². The van der Waals surface area contributed by atoms with Crippen LogP contribution in [0.4, 0.5) is 5.69 Å². The van der Waals surface area contributed by atoms with Crippen LogP contribution in [-0.2, 0) is 4.79 Å². The minimum absolute atomic E-state index is 0.0815. The SMILES string of the molecule is COc1cc(N2CC3CC[C@H](c4ccc(OC)c(OC)c4)N3CC2=O)ccc1Cl. The van der Waals surface area contributed by atoms with Gasteiger partial charge in [-0.15, -0.1) is 0 Å². The number of halogens is 1. The lowest BCUT2D eigenvalue weighted by atomic mass is 10.0. The third kappa shape index (κ3) is 3.63. The number of carbonyl (C=O) groups is 1. The molecule has 2 fully saturated rings. The van der Waals surface area contributed by atoms with E-state index in [0.717, 1.165) is 24.1 Å². The van der Waals surface area contributed by atoms with Crippen molar-refractivity contribution in [2.45, 2.75) is 24.9 Å². The summed E-state index contributed by atoms with van der Waals surface area (Å²) in [6.45, 7) is 1.04. The third-order valence-electron chi connectivity index (χ3n) is 5.89. The van der Waals surface area contributed by atoms with Gasteiger partial charge in [0, 0.05) is 30.4 Å². The van der Waals surface area contributed by atoms with Gasteiger partial charge in [0.25, 0.3) is 0 Å². The number of benzene rings is 2. The van der Waals surface area contributed by atoms with Gasteiger partial charge >= 0.3 is 0 Å². The van der Waals surface area contributed by atoms with E-state index in [2.05, 4.69) is 11.0 Å². The number of hydrogen-bond donors (Lipinski definition) is 0. The maximum atomic E-state index is 13.0. The second kappa shape index (κ2) is 8.13. The molecule has 0 aliphatic carbocycles. The van der Waals surface area contributed by atoms with Gasteiger partial charge in [-0.25, -0.2) is 0 Å². The van der Waals surface area contributed by atoms with Gasteiger partial charge in [0.05, 0.1) is 32.9 Å². The number of piperazine rings is 1. The molecule has 0 N–H and O–H groups in total. The lowest BCUT2D eigenvalue weighted by Gasteiger charge is -2.39. The monoisotopic (exact) mass is 416 g/mol. The van der Waals surface area contributed by atoms with Crippen LogP contribution in [0, 0.1) is 0 Å². The molecule has 2 saturated heterocycles. The summed E-state index contributed by atoms with van der Waals surface area (Å²) in [4.78, 5) is 17.1. The van der Waals surface area contributed by atoms with Crippen LogP contribution < -0.4 is 19.1 Å². The zero-order chi connectivity index (χ0) is 20.5. The highest BCUT2D eigenvalue weighted by atomic mass is 35.5. The standard InChI is InChI=1S/C22H25ClN2O4/c1-27-19-9-4-14(10-21(19)29-3)18-8-6-16-12-25(22(26)13-24(16)18)15-5-7-17(23)20(11-15)28-2/h4-5,7,9-11,16,18H,6,8,12-13H2,1-3H3/t16?,18-/m1/s1. The van der Waals surface area contributed by atoms with E-state index in [1.807, 2.05) is 29.2 Å². The normalized spacial score (nSPS) is 21.8. The number of methoxy groups -OCH3 is 3. The second-order valence-corrected chi connectivity index (χ2v) is 7.76. The molecule has 1 unspecified atom stereocenters. The fourth-order valence-corrected chi connectivity index (χ4v) is 4.60. The maximum absolute atomic E-state index is 13.0. The highest BCUT2D eigenvalue weighted by Gasteiger charge is 2.41. The number of carbonyl (C=O) groups excluding carboxylic acids is 1. The van der Waals surface area contributed by atoms with Crippen LogP contribution in [0.2, 0.25) is 5.02 Å². The summed E-state index contributed by atoms with van der Waals surface area (Å²) in [5.74, 6) is 2.09. The summed E-state index contributed by atoms with van der Waals surface area (Å²) in [6.07, 6.45) is 2.04. The maximum Gasteiger partial charge on any atom is 0.241 e. The highest BCUT2D eigenvalue weighted by Crippen LogP contribution is 2.41. The van der Waals surface area contributed by atoms with Crippen molar-refractivity contribution in [3.63, 3.8) is 0 Å². The second-order valence-electron chi connectivity index (χ2n) is 7.36. The van der Waals surface area contributed by atoms with Crippen molar-refractivity contribution in [2.24, 2.45) is 0 Å². The average molecular weight is 417 g/mol. The Labute approximate surface area is 175 Å². The number of ether oxygens (including phenoxy) is 3. The minimum atomic E-state index is 0.0815. The first-order valence-electron chi connectivity index (χ1n) is 9.67. The molecule has 2 aliphatic rings. The predicted molar refractivity (Wildman–Crippen MR) is 112 cm³/mol. The van der Waals surface area contributed by atoms with E-state index in [1.54, 1.807) is 27.4 Å². The van der Waals surface area contributed by atoms with Crippen molar-refractivity contribution in [1.29, 1.82) is 0 Å². The number of rotatable bonds is 5. The van der Waals surface area contributed by atoms with Crippen LogP contribution in [0.25, 0.3) is 0 Å². The van der Waals surface area contributed by atoms with Gasteiger partial charge in [-0.2, -0.15) is 0 Å². The molecule has 154 valence electrons. The Hall–Kier alpha value is -2.44. The molecule has 0 saturated carbocycles. The van der Waals surface area contributed by atoms with E-state index in [4.69, 9.17) is 25.8 Å². The van der Waals surface area contributed by atoms with Crippen LogP contribution in [0.15, 0.2) is 36.4 Å². The van der Waals surface area contributed by atoms with Crippen molar-refractivity contribution < 1.29 is 19.0 Å². The van der Waals surface area contributed by atoms with Gasteiger partial charge in [-0.3, -0.25) is 9.69 Å². The van der Waals surface area contributed by atoms with Crippen molar-refractivity contribution in [2.75, 3.05) is 39.3 Å². The molecule has 2 heterocycles. The largest absolute Gasteiger partial charge is 0.495 e. The Balaban J connectivity index is 1.55. The highest BCUT2D eigenvalue weighted by molar-refractivity contribution is 6.32. The van der Waals surface area contributed by atoms with E-state index in [-0.39, 0.29) is 11.9 Å². The molecule has 2 atom stereocenters. The van der Waals surface area contributed by atoms with Crippen LogP contribution in [0.1, 0.15) is 24.4 Å². The lowest BCUT2D eigenvalue weighted by molar-refractivity contribution is -0.122. The van der Waals surface area contributed by atoms with Crippen LogP contribution in [0.5, 0.6) is 17.2 Å². The van der Waals surface area contributed by atoms with E-state index < -0.39 is 0 Å².